The van der Waals surface area contributed by atoms with E-state index in [4.69, 9.17) is 0 Å². The number of aromatic hydroxyl groups is 1. The van der Waals surface area contributed by atoms with Crippen molar-refractivity contribution in [1.29, 1.82) is 0 Å². The molecule has 0 saturated heterocycles. The first-order chi connectivity index (χ1) is 16.0. The van der Waals surface area contributed by atoms with Gasteiger partial charge in [-0.05, 0) is 23.3 Å². The number of hydrogen-bond acceptors (Lipinski definition) is 5. The Morgan fingerprint density at radius 2 is 1.39 bits per heavy atom. The second-order valence-corrected chi connectivity index (χ2v) is 7.63. The zero-order chi connectivity index (χ0) is 23.4. The van der Waals surface area contributed by atoms with Crippen LogP contribution in [0.1, 0.15) is 27.7 Å². The van der Waals surface area contributed by atoms with E-state index < -0.39 is 17.2 Å². The van der Waals surface area contributed by atoms with Crippen molar-refractivity contribution in [2.45, 2.75) is 6.04 Å². The summed E-state index contributed by atoms with van der Waals surface area (Å²) in [6.45, 7) is 0. The molecule has 7 heteroatoms. The zero-order valence-corrected chi connectivity index (χ0v) is 18.3. The topological polar surface area (TPSA) is 87.5 Å². The van der Waals surface area contributed by atoms with E-state index in [0.717, 1.165) is 11.1 Å². The highest BCUT2D eigenvalue weighted by molar-refractivity contribution is 6.04. The molecule has 0 aliphatic carbocycles. The summed E-state index contributed by atoms with van der Waals surface area (Å²) in [5.41, 5.74) is 1.48. The molecule has 3 aromatic carbocycles. The van der Waals surface area contributed by atoms with Gasteiger partial charge in [0, 0.05) is 19.8 Å². The van der Waals surface area contributed by atoms with E-state index in [0.29, 0.717) is 5.69 Å². The van der Waals surface area contributed by atoms with Gasteiger partial charge in [0.2, 0.25) is 11.7 Å². The van der Waals surface area contributed by atoms with Crippen molar-refractivity contribution in [1.82, 2.24) is 9.55 Å². The second kappa shape index (κ2) is 9.40. The number of hydrogen-bond donors (Lipinski definition) is 2. The fourth-order valence-corrected chi connectivity index (χ4v) is 3.79. The van der Waals surface area contributed by atoms with E-state index in [1.165, 1.54) is 11.6 Å². The number of carbonyl (C=O) groups excluding carboxylic acids is 1. The lowest BCUT2D eigenvalue weighted by Crippen LogP contribution is -2.34. The molecule has 1 heterocycles. The van der Waals surface area contributed by atoms with Gasteiger partial charge in [0.15, 0.2) is 5.69 Å². The third kappa shape index (κ3) is 4.48. The number of nitrogens with one attached hydrogen (secondary N) is 1. The van der Waals surface area contributed by atoms with Gasteiger partial charge in [0.25, 0.3) is 11.5 Å². The highest BCUT2D eigenvalue weighted by Gasteiger charge is 2.26. The van der Waals surface area contributed by atoms with Gasteiger partial charge in [-0.1, -0.05) is 78.9 Å². The van der Waals surface area contributed by atoms with Crippen LogP contribution in [0, 0.1) is 0 Å². The molecule has 0 bridgehead atoms. The summed E-state index contributed by atoms with van der Waals surface area (Å²) in [7, 11) is 3.33. The number of para-hydroxylation sites is 1. The molecule has 4 aromatic rings. The van der Waals surface area contributed by atoms with Crippen LogP contribution in [-0.2, 0) is 7.05 Å². The van der Waals surface area contributed by atoms with E-state index in [1.54, 1.807) is 24.3 Å². The zero-order valence-electron chi connectivity index (χ0n) is 18.3. The van der Waals surface area contributed by atoms with Crippen LogP contribution in [0.3, 0.4) is 0 Å². The van der Waals surface area contributed by atoms with Crippen molar-refractivity contribution in [3.05, 3.63) is 118 Å². The van der Waals surface area contributed by atoms with Crippen LogP contribution in [0.2, 0.25) is 0 Å². The molecule has 0 unspecified atom stereocenters. The van der Waals surface area contributed by atoms with Crippen LogP contribution in [-0.4, -0.2) is 27.6 Å². The molecule has 166 valence electrons. The predicted octanol–water partition coefficient (Wildman–Crippen LogP) is 3.96. The summed E-state index contributed by atoms with van der Waals surface area (Å²) >= 11 is 0. The standard InChI is InChI=1S/C26H24N4O3/c1-29(22(18-12-6-3-7-13-18)19-14-8-4-9-15-19)26-28-21(23(31)25(33)30(26)2)24(32)27-20-16-10-5-11-17-20/h3-17,22,31H,1-2H3,(H,27,32). The SMILES string of the molecule is CN(c1nc(C(=O)Nc2ccccc2)c(O)c(=O)n1C)C(c1ccccc1)c1ccccc1. The van der Waals surface area contributed by atoms with Crippen LogP contribution in [0.15, 0.2) is 95.8 Å². The summed E-state index contributed by atoms with van der Waals surface area (Å²) in [6.07, 6.45) is 0. The van der Waals surface area contributed by atoms with E-state index in [-0.39, 0.29) is 17.7 Å². The molecule has 0 saturated carbocycles. The Bertz CT molecular complexity index is 1270. The van der Waals surface area contributed by atoms with Crippen molar-refractivity contribution in [2.24, 2.45) is 7.05 Å². The van der Waals surface area contributed by atoms with Gasteiger partial charge < -0.3 is 15.3 Å². The molecule has 1 aromatic heterocycles. The molecule has 0 spiro atoms. The predicted molar refractivity (Wildman–Crippen MR) is 129 cm³/mol. The van der Waals surface area contributed by atoms with Gasteiger partial charge in [0.05, 0.1) is 6.04 Å². The lowest BCUT2D eigenvalue weighted by molar-refractivity contribution is 0.101. The number of rotatable bonds is 6. The molecule has 0 fully saturated rings. The first-order valence-corrected chi connectivity index (χ1v) is 10.5. The highest BCUT2D eigenvalue weighted by atomic mass is 16.3. The van der Waals surface area contributed by atoms with Crippen molar-refractivity contribution in [3.63, 3.8) is 0 Å². The maximum atomic E-state index is 12.9. The molecular formula is C26H24N4O3. The number of aromatic nitrogens is 2. The summed E-state index contributed by atoms with van der Waals surface area (Å²) in [5.74, 6) is -1.12. The summed E-state index contributed by atoms with van der Waals surface area (Å²) in [4.78, 5) is 32.0. The number of anilines is 2. The Morgan fingerprint density at radius 1 is 0.909 bits per heavy atom. The third-order valence-corrected chi connectivity index (χ3v) is 5.42. The van der Waals surface area contributed by atoms with E-state index in [1.807, 2.05) is 78.7 Å². The Hall–Kier alpha value is -4.39. The molecule has 0 atom stereocenters. The fourth-order valence-electron chi connectivity index (χ4n) is 3.79. The minimum absolute atomic E-state index is 0.244. The summed E-state index contributed by atoms with van der Waals surface area (Å²) in [6, 6.07) is 28.2. The summed E-state index contributed by atoms with van der Waals surface area (Å²) < 4.78 is 1.24. The molecular weight excluding hydrogens is 416 g/mol. The molecule has 1 amide bonds. The molecule has 33 heavy (non-hydrogen) atoms. The Morgan fingerprint density at radius 3 is 1.91 bits per heavy atom. The first kappa shape index (κ1) is 21.8. The monoisotopic (exact) mass is 440 g/mol. The third-order valence-electron chi connectivity index (χ3n) is 5.42. The van der Waals surface area contributed by atoms with E-state index >= 15 is 0 Å². The van der Waals surface area contributed by atoms with E-state index in [2.05, 4.69) is 10.3 Å². The molecule has 0 radical (unpaired) electrons. The molecule has 0 aliphatic heterocycles. The summed E-state index contributed by atoms with van der Waals surface area (Å²) in [5, 5.41) is 13.1. The maximum Gasteiger partial charge on any atom is 0.297 e. The van der Waals surface area contributed by atoms with Crippen molar-refractivity contribution in [3.8, 4) is 5.75 Å². The quantitative estimate of drug-likeness (QED) is 0.474. The number of amides is 1. The Balaban J connectivity index is 1.80. The smallest absolute Gasteiger partial charge is 0.297 e. The van der Waals surface area contributed by atoms with Gasteiger partial charge in [-0.3, -0.25) is 14.2 Å². The van der Waals surface area contributed by atoms with Gasteiger partial charge in [0.1, 0.15) is 0 Å². The lowest BCUT2D eigenvalue weighted by atomic mass is 9.97. The minimum Gasteiger partial charge on any atom is -0.501 e. The van der Waals surface area contributed by atoms with Gasteiger partial charge in [-0.25, -0.2) is 4.98 Å². The molecule has 2 N–H and O–H groups in total. The molecule has 4 rings (SSSR count). The Labute approximate surface area is 191 Å². The van der Waals surface area contributed by atoms with Gasteiger partial charge in [-0.2, -0.15) is 0 Å². The fraction of sp³-hybridized carbons (Fsp3) is 0.115. The van der Waals surface area contributed by atoms with Crippen LogP contribution in [0.25, 0.3) is 0 Å². The maximum absolute atomic E-state index is 12.9. The molecule has 0 aliphatic rings. The number of benzene rings is 3. The average molecular weight is 441 g/mol. The van der Waals surface area contributed by atoms with Gasteiger partial charge in [-0.15, -0.1) is 0 Å². The van der Waals surface area contributed by atoms with Crippen LogP contribution in [0.4, 0.5) is 11.6 Å². The van der Waals surface area contributed by atoms with Crippen molar-refractivity contribution in [2.75, 3.05) is 17.3 Å². The van der Waals surface area contributed by atoms with Crippen molar-refractivity contribution < 1.29 is 9.90 Å². The Kier molecular flexibility index (Phi) is 6.22. The van der Waals surface area contributed by atoms with Crippen molar-refractivity contribution >= 4 is 17.5 Å². The highest BCUT2D eigenvalue weighted by Crippen LogP contribution is 2.31. The number of carbonyl (C=O) groups is 1. The minimum atomic E-state index is -0.704. The second-order valence-electron chi connectivity index (χ2n) is 7.63. The largest absolute Gasteiger partial charge is 0.501 e. The van der Waals surface area contributed by atoms with Gasteiger partial charge >= 0.3 is 0 Å². The normalized spacial score (nSPS) is 10.8. The van der Waals surface area contributed by atoms with Crippen LogP contribution < -0.4 is 15.8 Å². The molecule has 7 nitrogen and oxygen atoms in total. The van der Waals surface area contributed by atoms with E-state index in [9.17, 15) is 14.7 Å². The van der Waals surface area contributed by atoms with Crippen LogP contribution >= 0.6 is 0 Å². The number of nitrogens with zero attached hydrogens (tertiary/aromatic N) is 3. The lowest BCUT2D eigenvalue weighted by Gasteiger charge is -2.31. The van der Waals surface area contributed by atoms with Crippen LogP contribution in [0.5, 0.6) is 5.75 Å². The average Bonchev–Trinajstić information content (AvgIpc) is 2.85. The first-order valence-electron chi connectivity index (χ1n) is 10.5.